The number of para-hydroxylation sites is 1. The zero-order valence-electron chi connectivity index (χ0n) is 19.0. The summed E-state index contributed by atoms with van der Waals surface area (Å²) in [6.45, 7) is 3.06. The summed E-state index contributed by atoms with van der Waals surface area (Å²) in [5.41, 5.74) is 2.43. The van der Waals surface area contributed by atoms with E-state index in [1.807, 2.05) is 30.3 Å². The van der Waals surface area contributed by atoms with Gasteiger partial charge in [-0.05, 0) is 55.2 Å². The Balaban J connectivity index is 1.53. The molecule has 1 saturated heterocycles. The van der Waals surface area contributed by atoms with E-state index < -0.39 is 15.9 Å². The Morgan fingerprint density at radius 3 is 2.29 bits per heavy atom. The average Bonchev–Trinajstić information content (AvgIpc) is 3.40. The van der Waals surface area contributed by atoms with Gasteiger partial charge in [-0.3, -0.25) is 9.59 Å². The highest BCUT2D eigenvalue weighted by Crippen LogP contribution is 2.25. The minimum Gasteiger partial charge on any atom is -0.348 e. The Labute approximate surface area is 199 Å². The molecule has 3 aromatic carbocycles. The van der Waals surface area contributed by atoms with E-state index >= 15 is 0 Å². The lowest BCUT2D eigenvalue weighted by Crippen LogP contribution is -2.29. The van der Waals surface area contributed by atoms with Crippen LogP contribution in [-0.4, -0.2) is 37.6 Å². The first-order chi connectivity index (χ1) is 16.4. The van der Waals surface area contributed by atoms with Gasteiger partial charge in [0.15, 0.2) is 0 Å². The van der Waals surface area contributed by atoms with Crippen LogP contribution in [0.15, 0.2) is 77.7 Å². The van der Waals surface area contributed by atoms with E-state index in [1.54, 1.807) is 43.3 Å². The standard InChI is InChI=1S/C26H27N3O4S/c1-19-13-14-21(17-24(19)34(32,33)29-15-7-8-16-29)25(30)28-23-12-6-5-11-22(23)26(31)27-18-20-9-3-2-4-10-20/h2-6,9-14,17H,7-8,15-16,18H2,1H3,(H,27,31)(H,28,30). The fourth-order valence-electron chi connectivity index (χ4n) is 3.94. The SMILES string of the molecule is Cc1ccc(C(=O)Nc2ccccc2C(=O)NCc2ccccc2)cc1S(=O)(=O)N1CCCC1. The molecule has 34 heavy (non-hydrogen) atoms. The molecule has 2 N–H and O–H groups in total. The van der Waals surface area contributed by atoms with Crippen LogP contribution in [0.25, 0.3) is 0 Å². The molecule has 3 aromatic rings. The van der Waals surface area contributed by atoms with Crippen molar-refractivity contribution in [1.29, 1.82) is 0 Å². The third-order valence-electron chi connectivity index (χ3n) is 5.85. The highest BCUT2D eigenvalue weighted by molar-refractivity contribution is 7.89. The van der Waals surface area contributed by atoms with Gasteiger partial charge < -0.3 is 10.6 Å². The highest BCUT2D eigenvalue weighted by atomic mass is 32.2. The molecule has 4 rings (SSSR count). The zero-order valence-corrected chi connectivity index (χ0v) is 19.8. The quantitative estimate of drug-likeness (QED) is 0.538. The van der Waals surface area contributed by atoms with E-state index in [0.717, 1.165) is 18.4 Å². The molecule has 0 spiro atoms. The van der Waals surface area contributed by atoms with E-state index in [4.69, 9.17) is 0 Å². The monoisotopic (exact) mass is 477 g/mol. The van der Waals surface area contributed by atoms with Crippen molar-refractivity contribution in [3.8, 4) is 0 Å². The van der Waals surface area contributed by atoms with Gasteiger partial charge in [0.05, 0.1) is 16.1 Å². The Bertz CT molecular complexity index is 1300. The number of sulfonamides is 1. The summed E-state index contributed by atoms with van der Waals surface area (Å²) in [5.74, 6) is -0.804. The molecule has 1 aliphatic heterocycles. The predicted molar refractivity (Wildman–Crippen MR) is 131 cm³/mol. The highest BCUT2D eigenvalue weighted by Gasteiger charge is 2.29. The van der Waals surface area contributed by atoms with E-state index in [1.165, 1.54) is 10.4 Å². The molecule has 0 aliphatic carbocycles. The molecule has 1 fully saturated rings. The smallest absolute Gasteiger partial charge is 0.255 e. The number of nitrogens with one attached hydrogen (secondary N) is 2. The second kappa shape index (κ2) is 10.2. The number of benzene rings is 3. The fraction of sp³-hybridized carbons (Fsp3) is 0.231. The number of nitrogens with zero attached hydrogens (tertiary/aromatic N) is 1. The van der Waals surface area contributed by atoms with Gasteiger partial charge in [0.25, 0.3) is 11.8 Å². The summed E-state index contributed by atoms with van der Waals surface area (Å²) < 4.78 is 27.6. The maximum atomic E-state index is 13.1. The van der Waals surface area contributed by atoms with Crippen LogP contribution in [0, 0.1) is 6.92 Å². The van der Waals surface area contributed by atoms with Crippen molar-refractivity contribution in [3.63, 3.8) is 0 Å². The minimum atomic E-state index is -3.66. The molecule has 0 aromatic heterocycles. The van der Waals surface area contributed by atoms with Crippen molar-refractivity contribution in [1.82, 2.24) is 9.62 Å². The Morgan fingerprint density at radius 1 is 0.882 bits per heavy atom. The van der Waals surface area contributed by atoms with Crippen molar-refractivity contribution in [3.05, 3.63) is 95.1 Å². The Morgan fingerprint density at radius 2 is 1.56 bits per heavy atom. The normalized spacial score (nSPS) is 14.0. The second-order valence-corrected chi connectivity index (χ2v) is 10.2. The Kier molecular flexibility index (Phi) is 7.09. The van der Waals surface area contributed by atoms with Gasteiger partial charge in [-0.2, -0.15) is 4.31 Å². The van der Waals surface area contributed by atoms with Crippen LogP contribution in [-0.2, 0) is 16.6 Å². The maximum Gasteiger partial charge on any atom is 0.255 e. The van der Waals surface area contributed by atoms with Crippen LogP contribution in [0.1, 0.15) is 44.7 Å². The summed E-state index contributed by atoms with van der Waals surface area (Å²) in [6.07, 6.45) is 1.67. The molecule has 7 nitrogen and oxygen atoms in total. The summed E-state index contributed by atoms with van der Waals surface area (Å²) in [6, 6.07) is 20.9. The van der Waals surface area contributed by atoms with Crippen LogP contribution in [0.4, 0.5) is 5.69 Å². The molecule has 0 unspecified atom stereocenters. The molecule has 8 heteroatoms. The molecule has 0 atom stereocenters. The largest absolute Gasteiger partial charge is 0.348 e. The summed E-state index contributed by atoms with van der Waals surface area (Å²) >= 11 is 0. The number of aryl methyl sites for hydroxylation is 1. The van der Waals surface area contributed by atoms with Gasteiger partial charge in [-0.25, -0.2) is 8.42 Å². The fourth-order valence-corrected chi connectivity index (χ4v) is 5.71. The molecule has 176 valence electrons. The molecule has 1 aliphatic rings. The van der Waals surface area contributed by atoms with Gasteiger partial charge in [-0.15, -0.1) is 0 Å². The molecule has 0 radical (unpaired) electrons. The molecule has 0 saturated carbocycles. The van der Waals surface area contributed by atoms with Gasteiger partial charge in [0.2, 0.25) is 10.0 Å². The lowest BCUT2D eigenvalue weighted by Gasteiger charge is -2.18. The molecule has 1 heterocycles. The lowest BCUT2D eigenvalue weighted by atomic mass is 10.1. The summed E-state index contributed by atoms with van der Waals surface area (Å²) in [4.78, 5) is 26.0. The average molecular weight is 478 g/mol. The van der Waals surface area contributed by atoms with Crippen LogP contribution in [0.5, 0.6) is 0 Å². The van der Waals surface area contributed by atoms with Crippen molar-refractivity contribution in [2.24, 2.45) is 0 Å². The van der Waals surface area contributed by atoms with Crippen molar-refractivity contribution < 1.29 is 18.0 Å². The zero-order chi connectivity index (χ0) is 24.1. The maximum absolute atomic E-state index is 13.1. The number of anilines is 1. The first-order valence-corrected chi connectivity index (χ1v) is 12.6. The third kappa shape index (κ3) is 5.18. The van der Waals surface area contributed by atoms with Gasteiger partial charge in [0.1, 0.15) is 0 Å². The van der Waals surface area contributed by atoms with Gasteiger partial charge in [-0.1, -0.05) is 48.5 Å². The first-order valence-electron chi connectivity index (χ1n) is 11.2. The predicted octanol–water partition coefficient (Wildman–Crippen LogP) is 3.96. The Hall–Kier alpha value is -3.49. The topological polar surface area (TPSA) is 95.6 Å². The number of carbonyl (C=O) groups excluding carboxylic acids is 2. The molecule has 2 amide bonds. The number of hydrogen-bond donors (Lipinski definition) is 2. The van der Waals surface area contributed by atoms with Crippen molar-refractivity contribution >= 4 is 27.5 Å². The van der Waals surface area contributed by atoms with Crippen LogP contribution in [0.2, 0.25) is 0 Å². The van der Waals surface area contributed by atoms with Crippen LogP contribution >= 0.6 is 0 Å². The molecular weight excluding hydrogens is 450 g/mol. The second-order valence-electron chi connectivity index (χ2n) is 8.26. The van der Waals surface area contributed by atoms with Crippen molar-refractivity contribution in [2.45, 2.75) is 31.2 Å². The lowest BCUT2D eigenvalue weighted by molar-refractivity contribution is 0.0951. The van der Waals surface area contributed by atoms with Crippen LogP contribution < -0.4 is 10.6 Å². The molecule has 0 bridgehead atoms. The number of amides is 2. The first kappa shape index (κ1) is 23.7. The summed E-state index contributed by atoms with van der Waals surface area (Å²) in [5, 5.41) is 5.63. The van der Waals surface area contributed by atoms with Gasteiger partial charge >= 0.3 is 0 Å². The van der Waals surface area contributed by atoms with Gasteiger partial charge in [0, 0.05) is 25.2 Å². The summed E-state index contributed by atoms with van der Waals surface area (Å²) in [7, 11) is -3.66. The van der Waals surface area contributed by atoms with Crippen molar-refractivity contribution in [2.75, 3.05) is 18.4 Å². The minimum absolute atomic E-state index is 0.135. The van der Waals surface area contributed by atoms with E-state index in [0.29, 0.717) is 36.4 Å². The van der Waals surface area contributed by atoms with E-state index in [2.05, 4.69) is 10.6 Å². The number of carbonyl (C=O) groups is 2. The van der Waals surface area contributed by atoms with E-state index in [9.17, 15) is 18.0 Å². The molecular formula is C26H27N3O4S. The number of hydrogen-bond acceptors (Lipinski definition) is 4. The third-order valence-corrected chi connectivity index (χ3v) is 7.89. The number of rotatable bonds is 7. The van der Waals surface area contributed by atoms with E-state index in [-0.39, 0.29) is 16.4 Å². The van der Waals surface area contributed by atoms with Crippen LogP contribution in [0.3, 0.4) is 0 Å².